The van der Waals surface area contributed by atoms with Gasteiger partial charge < -0.3 is 4.90 Å². The summed E-state index contributed by atoms with van der Waals surface area (Å²) in [5.74, 6) is 0. The van der Waals surface area contributed by atoms with E-state index in [0.717, 1.165) is 31.3 Å². The number of nitrogens with zero attached hydrogens (tertiary/aromatic N) is 4. The van der Waals surface area contributed by atoms with E-state index in [4.69, 9.17) is 0 Å². The Kier molecular flexibility index (Phi) is 5.77. The lowest BCUT2D eigenvalue weighted by molar-refractivity contribution is -0.393. The van der Waals surface area contributed by atoms with Crippen LogP contribution in [-0.4, -0.2) is 47.5 Å². The average Bonchev–Trinajstić information content (AvgIpc) is 2.69. The zero-order valence-corrected chi connectivity index (χ0v) is 14.7. The number of piperazine rings is 1. The summed E-state index contributed by atoms with van der Waals surface area (Å²) in [4.78, 5) is 25.2. The maximum absolute atomic E-state index is 11.3. The topological polar surface area (TPSA) is 92.8 Å². The molecule has 0 unspecified atom stereocenters. The van der Waals surface area contributed by atoms with Crippen molar-refractivity contribution in [2.45, 2.75) is 0 Å². The third-order valence-corrected chi connectivity index (χ3v) is 4.55. The van der Waals surface area contributed by atoms with Crippen LogP contribution in [0.5, 0.6) is 0 Å². The minimum atomic E-state index is -0.617. The van der Waals surface area contributed by atoms with Gasteiger partial charge in [-0.2, -0.15) is 0 Å². The molecule has 1 saturated heterocycles. The molecule has 140 valence electrons. The molecule has 0 aromatic heterocycles. The Labute approximate surface area is 156 Å². The maximum Gasteiger partial charge on any atom is 0.299 e. The molecule has 0 bridgehead atoms. The minimum Gasteiger partial charge on any atom is -0.363 e. The first-order chi connectivity index (χ1) is 13.0. The number of anilines is 1. The van der Waals surface area contributed by atoms with E-state index in [1.807, 2.05) is 35.2 Å². The van der Waals surface area contributed by atoms with E-state index >= 15 is 0 Å². The van der Waals surface area contributed by atoms with Gasteiger partial charge in [0.05, 0.1) is 15.9 Å². The number of nitro groups is 2. The lowest BCUT2D eigenvalue weighted by atomic mass is 10.2. The number of benzene rings is 2. The molecule has 1 heterocycles. The van der Waals surface area contributed by atoms with Crippen LogP contribution < -0.4 is 4.90 Å². The predicted molar refractivity (Wildman–Crippen MR) is 104 cm³/mol. The summed E-state index contributed by atoms with van der Waals surface area (Å²) in [6.45, 7) is 3.63. The van der Waals surface area contributed by atoms with Crippen LogP contribution in [0.15, 0.2) is 54.6 Å². The Bertz CT molecular complexity index is 846. The van der Waals surface area contributed by atoms with Crippen LogP contribution in [0.25, 0.3) is 6.08 Å². The van der Waals surface area contributed by atoms with Crippen LogP contribution in [0.1, 0.15) is 5.56 Å². The van der Waals surface area contributed by atoms with Gasteiger partial charge in [0.25, 0.3) is 11.4 Å². The molecule has 3 rings (SSSR count). The van der Waals surface area contributed by atoms with Crippen LogP contribution in [0.3, 0.4) is 0 Å². The van der Waals surface area contributed by atoms with Crippen molar-refractivity contribution in [3.05, 3.63) is 80.4 Å². The Hall–Kier alpha value is -3.26. The molecule has 0 amide bonds. The van der Waals surface area contributed by atoms with Gasteiger partial charge in [0, 0.05) is 38.8 Å². The first-order valence-corrected chi connectivity index (χ1v) is 8.66. The Morgan fingerprint density at radius 2 is 1.63 bits per heavy atom. The monoisotopic (exact) mass is 368 g/mol. The van der Waals surface area contributed by atoms with Crippen LogP contribution in [0, 0.1) is 20.2 Å². The molecule has 1 fully saturated rings. The lowest BCUT2D eigenvalue weighted by Gasteiger charge is -2.35. The molecule has 2 aromatic rings. The number of hydrogen-bond donors (Lipinski definition) is 0. The highest BCUT2D eigenvalue weighted by Gasteiger charge is 2.25. The van der Waals surface area contributed by atoms with E-state index < -0.39 is 9.85 Å². The van der Waals surface area contributed by atoms with Crippen molar-refractivity contribution >= 4 is 23.1 Å². The van der Waals surface area contributed by atoms with E-state index in [1.165, 1.54) is 12.1 Å². The van der Waals surface area contributed by atoms with Gasteiger partial charge in [-0.05, 0) is 11.6 Å². The van der Waals surface area contributed by atoms with Gasteiger partial charge in [0.1, 0.15) is 5.69 Å². The molecular formula is C19H20N4O4. The predicted octanol–water partition coefficient (Wildman–Crippen LogP) is 3.34. The smallest absolute Gasteiger partial charge is 0.299 e. The van der Waals surface area contributed by atoms with Crippen molar-refractivity contribution in [3.8, 4) is 0 Å². The maximum atomic E-state index is 11.3. The summed E-state index contributed by atoms with van der Waals surface area (Å²) in [5.41, 5.74) is 1.10. The molecule has 0 atom stereocenters. The quantitative estimate of drug-likeness (QED) is 0.573. The molecule has 0 spiro atoms. The van der Waals surface area contributed by atoms with Gasteiger partial charge in [-0.15, -0.1) is 0 Å². The van der Waals surface area contributed by atoms with Crippen molar-refractivity contribution < 1.29 is 9.85 Å². The van der Waals surface area contributed by atoms with Crippen LogP contribution >= 0.6 is 0 Å². The summed E-state index contributed by atoms with van der Waals surface area (Å²) in [5, 5.41) is 22.2. The van der Waals surface area contributed by atoms with Gasteiger partial charge in [0.15, 0.2) is 0 Å². The molecule has 8 heteroatoms. The largest absolute Gasteiger partial charge is 0.363 e. The van der Waals surface area contributed by atoms with Gasteiger partial charge in [-0.3, -0.25) is 25.1 Å². The third kappa shape index (κ3) is 4.68. The molecule has 2 aromatic carbocycles. The SMILES string of the molecule is O=[N+]([O-])c1ccc(N2CCN(C/C=C/c3ccccc3)CC2)c([N+](=O)[O-])c1. The summed E-state index contributed by atoms with van der Waals surface area (Å²) in [6.07, 6.45) is 4.19. The third-order valence-electron chi connectivity index (χ3n) is 4.55. The van der Waals surface area contributed by atoms with Gasteiger partial charge in [-0.1, -0.05) is 42.5 Å². The standard InChI is InChI=1S/C19H20N4O4/c24-22(25)17-8-9-18(19(15-17)23(26)27)21-13-11-20(12-14-21)10-4-7-16-5-2-1-3-6-16/h1-9,15H,10-14H2/b7-4+. The second kappa shape index (κ2) is 8.41. The molecule has 0 N–H and O–H groups in total. The highest BCUT2D eigenvalue weighted by atomic mass is 16.6. The Balaban J connectivity index is 1.61. The Morgan fingerprint density at radius 3 is 2.26 bits per heavy atom. The van der Waals surface area contributed by atoms with E-state index in [0.29, 0.717) is 18.8 Å². The highest BCUT2D eigenvalue weighted by molar-refractivity contribution is 5.67. The first kappa shape index (κ1) is 18.5. The number of rotatable bonds is 6. The molecule has 0 aliphatic carbocycles. The van der Waals surface area contributed by atoms with Crippen molar-refractivity contribution in [1.82, 2.24) is 4.90 Å². The molecule has 0 radical (unpaired) electrons. The Morgan fingerprint density at radius 1 is 0.926 bits per heavy atom. The molecule has 0 saturated carbocycles. The summed E-state index contributed by atoms with van der Waals surface area (Å²) in [7, 11) is 0. The van der Waals surface area contributed by atoms with Gasteiger partial charge in [-0.25, -0.2) is 0 Å². The second-order valence-electron chi connectivity index (χ2n) is 6.29. The molecule has 1 aliphatic rings. The molecule has 8 nitrogen and oxygen atoms in total. The molecular weight excluding hydrogens is 348 g/mol. The van der Waals surface area contributed by atoms with Crippen LogP contribution in [0.4, 0.5) is 17.1 Å². The van der Waals surface area contributed by atoms with Crippen LogP contribution in [0.2, 0.25) is 0 Å². The fraction of sp³-hybridized carbons (Fsp3) is 0.263. The van der Waals surface area contributed by atoms with E-state index in [-0.39, 0.29) is 11.4 Å². The summed E-state index contributed by atoms with van der Waals surface area (Å²) in [6, 6.07) is 13.9. The molecule has 1 aliphatic heterocycles. The minimum absolute atomic E-state index is 0.221. The van der Waals surface area contributed by atoms with Gasteiger partial charge in [0.2, 0.25) is 0 Å². The van der Waals surface area contributed by atoms with E-state index in [9.17, 15) is 20.2 Å². The zero-order valence-electron chi connectivity index (χ0n) is 14.7. The molecule has 27 heavy (non-hydrogen) atoms. The number of non-ortho nitro benzene ring substituents is 1. The average molecular weight is 368 g/mol. The van der Waals surface area contributed by atoms with Crippen LogP contribution in [-0.2, 0) is 0 Å². The fourth-order valence-electron chi connectivity index (χ4n) is 3.11. The number of hydrogen-bond acceptors (Lipinski definition) is 6. The highest BCUT2D eigenvalue weighted by Crippen LogP contribution is 2.32. The van der Waals surface area contributed by atoms with Crippen molar-refractivity contribution in [2.24, 2.45) is 0 Å². The normalized spacial score (nSPS) is 15.2. The van der Waals surface area contributed by atoms with Crippen molar-refractivity contribution in [2.75, 3.05) is 37.6 Å². The zero-order chi connectivity index (χ0) is 19.2. The second-order valence-corrected chi connectivity index (χ2v) is 6.29. The van der Waals surface area contributed by atoms with Crippen molar-refractivity contribution in [1.29, 1.82) is 0 Å². The van der Waals surface area contributed by atoms with Crippen molar-refractivity contribution in [3.63, 3.8) is 0 Å². The van der Waals surface area contributed by atoms with E-state index in [1.54, 1.807) is 0 Å². The van der Waals surface area contributed by atoms with E-state index in [2.05, 4.69) is 17.1 Å². The fourth-order valence-corrected chi connectivity index (χ4v) is 3.11. The lowest BCUT2D eigenvalue weighted by Crippen LogP contribution is -2.46. The van der Waals surface area contributed by atoms with Gasteiger partial charge >= 0.3 is 0 Å². The number of nitro benzene ring substituents is 2. The summed E-state index contributed by atoms with van der Waals surface area (Å²) < 4.78 is 0. The first-order valence-electron chi connectivity index (χ1n) is 8.66. The summed E-state index contributed by atoms with van der Waals surface area (Å²) >= 11 is 0.